The average molecular weight is 369 g/mol. The molecule has 0 amide bonds. The molecule has 0 aromatic carbocycles. The number of anilines is 2. The lowest BCUT2D eigenvalue weighted by Gasteiger charge is -2.19. The Morgan fingerprint density at radius 3 is 2.54 bits per heavy atom. The maximum absolute atomic E-state index is 5.62. The van der Waals surface area contributed by atoms with Gasteiger partial charge in [-0.15, -0.1) is 0 Å². The summed E-state index contributed by atoms with van der Waals surface area (Å²) in [6, 6.07) is 7.83. The molecular weight excluding hydrogens is 346 g/mol. The Hall–Kier alpha value is -2.54. The van der Waals surface area contributed by atoms with Gasteiger partial charge in [0.1, 0.15) is 17.3 Å². The second-order valence-electron chi connectivity index (χ2n) is 6.58. The summed E-state index contributed by atoms with van der Waals surface area (Å²) in [5.74, 6) is 2.63. The van der Waals surface area contributed by atoms with Gasteiger partial charge in [0.2, 0.25) is 5.13 Å². The van der Waals surface area contributed by atoms with Crippen molar-refractivity contribution in [2.24, 2.45) is 0 Å². The van der Waals surface area contributed by atoms with Crippen LogP contribution in [0.15, 0.2) is 36.7 Å². The minimum Gasteiger partial charge on any atom is -0.489 e. The molecule has 0 N–H and O–H groups in total. The lowest BCUT2D eigenvalue weighted by Crippen LogP contribution is -2.13. The summed E-state index contributed by atoms with van der Waals surface area (Å²) < 4.78 is 10.1. The molecule has 0 unspecified atom stereocenters. The van der Waals surface area contributed by atoms with Crippen LogP contribution < -0.4 is 9.64 Å². The van der Waals surface area contributed by atoms with E-state index in [0.717, 1.165) is 22.4 Å². The van der Waals surface area contributed by atoms with Crippen molar-refractivity contribution in [2.75, 3.05) is 11.9 Å². The minimum absolute atomic E-state index is 0.119. The van der Waals surface area contributed by atoms with Crippen molar-refractivity contribution in [3.05, 3.63) is 42.2 Å². The Morgan fingerprint density at radius 2 is 1.88 bits per heavy atom. The molecule has 3 aromatic rings. The van der Waals surface area contributed by atoms with E-state index in [2.05, 4.69) is 39.2 Å². The molecule has 0 bridgehead atoms. The topological polar surface area (TPSA) is 64.0 Å². The van der Waals surface area contributed by atoms with Crippen LogP contribution in [-0.2, 0) is 0 Å². The third-order valence-corrected chi connectivity index (χ3v) is 4.59. The standard InChI is InChI=1S/C19H23N5OS/c1-12(2)15-7-6-10-20-18(15)24(5)19-22-17(23-26-19)16-9-8-14(11-21-16)25-13(3)4/h6-13H,1-5H3. The molecule has 3 heterocycles. The fourth-order valence-electron chi connectivity index (χ4n) is 2.54. The van der Waals surface area contributed by atoms with Crippen molar-refractivity contribution >= 4 is 22.5 Å². The second kappa shape index (κ2) is 7.78. The maximum Gasteiger partial charge on any atom is 0.210 e. The third-order valence-electron chi connectivity index (χ3n) is 3.80. The summed E-state index contributed by atoms with van der Waals surface area (Å²) >= 11 is 1.34. The molecular formula is C19H23N5OS. The van der Waals surface area contributed by atoms with E-state index in [9.17, 15) is 0 Å². The molecule has 136 valence electrons. The van der Waals surface area contributed by atoms with E-state index in [0.29, 0.717) is 11.7 Å². The van der Waals surface area contributed by atoms with Gasteiger partial charge >= 0.3 is 0 Å². The first-order chi connectivity index (χ1) is 12.5. The molecule has 6 nitrogen and oxygen atoms in total. The van der Waals surface area contributed by atoms with Crippen molar-refractivity contribution < 1.29 is 4.74 Å². The van der Waals surface area contributed by atoms with Gasteiger partial charge in [-0.25, -0.2) is 9.97 Å². The van der Waals surface area contributed by atoms with Crippen molar-refractivity contribution in [3.8, 4) is 17.3 Å². The summed E-state index contributed by atoms with van der Waals surface area (Å²) in [4.78, 5) is 15.6. The van der Waals surface area contributed by atoms with Crippen LogP contribution >= 0.6 is 11.5 Å². The van der Waals surface area contributed by atoms with Gasteiger partial charge in [0.05, 0.1) is 12.3 Å². The van der Waals surface area contributed by atoms with Crippen LogP contribution in [0.2, 0.25) is 0 Å². The predicted octanol–water partition coefficient (Wildman–Crippen LogP) is 4.67. The van der Waals surface area contributed by atoms with Crippen molar-refractivity contribution in [1.82, 2.24) is 19.3 Å². The predicted molar refractivity (Wildman–Crippen MR) is 105 cm³/mol. The zero-order chi connectivity index (χ0) is 18.7. The third kappa shape index (κ3) is 3.99. The lowest BCUT2D eigenvalue weighted by atomic mass is 10.0. The fourth-order valence-corrected chi connectivity index (χ4v) is 3.18. The number of hydrogen-bond donors (Lipinski definition) is 0. The van der Waals surface area contributed by atoms with Crippen LogP contribution in [0.1, 0.15) is 39.2 Å². The molecule has 0 radical (unpaired) electrons. The quantitative estimate of drug-likeness (QED) is 0.629. The molecule has 0 saturated heterocycles. The molecule has 7 heteroatoms. The van der Waals surface area contributed by atoms with Gasteiger partial charge in [0.25, 0.3) is 0 Å². The smallest absolute Gasteiger partial charge is 0.210 e. The van der Waals surface area contributed by atoms with E-state index >= 15 is 0 Å². The van der Waals surface area contributed by atoms with Crippen LogP contribution in [0.4, 0.5) is 10.9 Å². The van der Waals surface area contributed by atoms with Gasteiger partial charge in [0, 0.05) is 24.8 Å². The molecule has 0 spiro atoms. The Balaban J connectivity index is 1.84. The van der Waals surface area contributed by atoms with Crippen molar-refractivity contribution in [3.63, 3.8) is 0 Å². The Bertz CT molecular complexity index is 860. The molecule has 0 atom stereocenters. The molecule has 0 aliphatic carbocycles. The van der Waals surface area contributed by atoms with Crippen LogP contribution in [0.3, 0.4) is 0 Å². The van der Waals surface area contributed by atoms with E-state index in [-0.39, 0.29) is 6.10 Å². The first kappa shape index (κ1) is 18.3. The lowest BCUT2D eigenvalue weighted by molar-refractivity contribution is 0.241. The first-order valence-electron chi connectivity index (χ1n) is 8.61. The maximum atomic E-state index is 5.62. The number of ether oxygens (including phenoxy) is 1. The number of nitrogens with zero attached hydrogens (tertiary/aromatic N) is 5. The SMILES string of the molecule is CC(C)Oc1ccc(-c2nsc(N(C)c3ncccc3C(C)C)n2)nc1. The molecule has 0 aliphatic heterocycles. The Kier molecular flexibility index (Phi) is 5.46. The largest absolute Gasteiger partial charge is 0.489 e. The fraction of sp³-hybridized carbons (Fsp3) is 0.368. The summed E-state index contributed by atoms with van der Waals surface area (Å²) in [5, 5.41) is 0.782. The molecule has 26 heavy (non-hydrogen) atoms. The summed E-state index contributed by atoms with van der Waals surface area (Å²) in [5.41, 5.74) is 1.90. The van der Waals surface area contributed by atoms with E-state index < -0.39 is 0 Å². The van der Waals surface area contributed by atoms with Crippen LogP contribution in [0.25, 0.3) is 11.5 Å². The summed E-state index contributed by atoms with van der Waals surface area (Å²) in [6.07, 6.45) is 3.62. The van der Waals surface area contributed by atoms with E-state index in [1.807, 2.05) is 44.0 Å². The molecule has 0 saturated carbocycles. The van der Waals surface area contributed by atoms with Crippen molar-refractivity contribution in [2.45, 2.75) is 39.7 Å². The van der Waals surface area contributed by atoms with Crippen LogP contribution in [0.5, 0.6) is 5.75 Å². The number of pyridine rings is 2. The molecule has 0 fully saturated rings. The zero-order valence-electron chi connectivity index (χ0n) is 15.7. The van der Waals surface area contributed by atoms with Gasteiger partial charge in [0.15, 0.2) is 5.82 Å². The highest BCUT2D eigenvalue weighted by Gasteiger charge is 2.17. The molecule has 3 aromatic heterocycles. The summed E-state index contributed by atoms with van der Waals surface area (Å²) in [7, 11) is 1.96. The zero-order valence-corrected chi connectivity index (χ0v) is 16.5. The van der Waals surface area contributed by atoms with E-state index in [4.69, 9.17) is 4.74 Å². The van der Waals surface area contributed by atoms with Crippen LogP contribution in [0, 0.1) is 0 Å². The first-order valence-corrected chi connectivity index (χ1v) is 9.38. The number of rotatable bonds is 6. The average Bonchev–Trinajstić information content (AvgIpc) is 3.11. The summed E-state index contributed by atoms with van der Waals surface area (Å²) in [6.45, 7) is 8.29. The second-order valence-corrected chi connectivity index (χ2v) is 7.31. The number of aromatic nitrogens is 4. The van der Waals surface area contributed by atoms with E-state index in [1.54, 1.807) is 12.4 Å². The van der Waals surface area contributed by atoms with Crippen molar-refractivity contribution in [1.29, 1.82) is 0 Å². The number of hydrogen-bond acceptors (Lipinski definition) is 7. The highest BCUT2D eigenvalue weighted by atomic mass is 32.1. The van der Waals surface area contributed by atoms with Gasteiger partial charge in [-0.1, -0.05) is 19.9 Å². The van der Waals surface area contributed by atoms with Gasteiger partial charge in [-0.3, -0.25) is 0 Å². The van der Waals surface area contributed by atoms with Gasteiger partial charge in [-0.05, 0) is 43.5 Å². The minimum atomic E-state index is 0.119. The van der Waals surface area contributed by atoms with Gasteiger partial charge in [-0.2, -0.15) is 9.36 Å². The monoisotopic (exact) mass is 369 g/mol. The molecule has 3 rings (SSSR count). The normalized spacial score (nSPS) is 11.2. The highest BCUT2D eigenvalue weighted by molar-refractivity contribution is 7.10. The molecule has 0 aliphatic rings. The van der Waals surface area contributed by atoms with Crippen LogP contribution in [-0.4, -0.2) is 32.5 Å². The Labute approximate surface area is 158 Å². The van der Waals surface area contributed by atoms with Gasteiger partial charge < -0.3 is 9.64 Å². The van der Waals surface area contributed by atoms with E-state index in [1.165, 1.54) is 17.1 Å². The Morgan fingerprint density at radius 1 is 1.08 bits per heavy atom. The highest BCUT2D eigenvalue weighted by Crippen LogP contribution is 2.31.